The van der Waals surface area contributed by atoms with Gasteiger partial charge in [-0.25, -0.2) is 4.98 Å². The number of nitrogens with one attached hydrogen (secondary N) is 1. The molecule has 5 heteroatoms. The van der Waals surface area contributed by atoms with Gasteiger partial charge in [0.1, 0.15) is 0 Å². The normalized spacial score (nSPS) is 10.6. The number of halogens is 1. The molecule has 22 heavy (non-hydrogen) atoms. The molecule has 4 nitrogen and oxygen atoms in total. The lowest BCUT2D eigenvalue weighted by molar-refractivity contribution is -0.121. The van der Waals surface area contributed by atoms with E-state index in [1.807, 2.05) is 24.3 Å². The predicted octanol–water partition coefficient (Wildman–Crippen LogP) is 4.34. The first-order valence-electron chi connectivity index (χ1n) is 7.66. The van der Waals surface area contributed by atoms with Crippen LogP contribution in [-0.4, -0.2) is 17.4 Å². The van der Waals surface area contributed by atoms with Crippen molar-refractivity contribution < 1.29 is 9.21 Å². The van der Waals surface area contributed by atoms with Crippen LogP contribution in [0.15, 0.2) is 39.4 Å². The Morgan fingerprint density at radius 3 is 2.77 bits per heavy atom. The number of hydrogen-bond acceptors (Lipinski definition) is 3. The molecule has 0 unspecified atom stereocenters. The number of amides is 1. The van der Waals surface area contributed by atoms with Crippen LogP contribution in [0.4, 0.5) is 0 Å². The molecule has 2 aromatic rings. The van der Waals surface area contributed by atoms with Gasteiger partial charge in [-0.3, -0.25) is 4.79 Å². The Labute approximate surface area is 139 Å². The molecule has 1 N–H and O–H groups in total. The highest BCUT2D eigenvalue weighted by molar-refractivity contribution is 9.10. The lowest BCUT2D eigenvalue weighted by Crippen LogP contribution is -2.24. The highest BCUT2D eigenvalue weighted by Crippen LogP contribution is 2.22. The number of unbranched alkanes of at least 4 members (excludes halogenated alkanes) is 2. The Balaban J connectivity index is 1.79. The molecule has 1 heterocycles. The lowest BCUT2D eigenvalue weighted by Gasteiger charge is -2.03. The molecule has 1 aromatic carbocycles. The molecule has 0 aliphatic heterocycles. The molecule has 0 aliphatic rings. The van der Waals surface area contributed by atoms with Crippen molar-refractivity contribution >= 4 is 21.8 Å². The zero-order chi connectivity index (χ0) is 15.8. The van der Waals surface area contributed by atoms with E-state index in [1.165, 1.54) is 0 Å². The van der Waals surface area contributed by atoms with Gasteiger partial charge < -0.3 is 9.73 Å². The first kappa shape index (κ1) is 16.7. The van der Waals surface area contributed by atoms with Gasteiger partial charge in [0.15, 0.2) is 11.7 Å². The summed E-state index contributed by atoms with van der Waals surface area (Å²) < 4.78 is 6.72. The quantitative estimate of drug-likeness (QED) is 0.708. The summed E-state index contributed by atoms with van der Waals surface area (Å²) in [6, 6.07) is 7.85. The molecule has 0 atom stereocenters. The molecule has 0 saturated carbocycles. The number of rotatable bonds is 8. The van der Waals surface area contributed by atoms with Crippen LogP contribution in [0.5, 0.6) is 0 Å². The first-order chi connectivity index (χ1) is 10.7. The second kappa shape index (κ2) is 8.73. The zero-order valence-electron chi connectivity index (χ0n) is 12.8. The standard InChI is InChI=1S/C17H21BrN2O2/c1-2-3-4-11-19-16(21)9-10-17-20-12-15(22-17)13-5-7-14(18)8-6-13/h5-8,12H,2-4,9-11H2,1H3,(H,19,21). The summed E-state index contributed by atoms with van der Waals surface area (Å²) in [4.78, 5) is 15.9. The molecule has 0 fully saturated rings. The van der Waals surface area contributed by atoms with Crippen LogP contribution in [0.25, 0.3) is 11.3 Å². The topological polar surface area (TPSA) is 55.1 Å². The molecule has 1 amide bonds. The van der Waals surface area contributed by atoms with Crippen molar-refractivity contribution in [1.82, 2.24) is 10.3 Å². The van der Waals surface area contributed by atoms with E-state index in [0.717, 1.165) is 41.6 Å². The summed E-state index contributed by atoms with van der Waals surface area (Å²) >= 11 is 3.40. The summed E-state index contributed by atoms with van der Waals surface area (Å²) in [6.07, 6.45) is 5.98. The van der Waals surface area contributed by atoms with Crippen LogP contribution < -0.4 is 5.32 Å². The Morgan fingerprint density at radius 2 is 2.05 bits per heavy atom. The van der Waals surface area contributed by atoms with Crippen LogP contribution in [0.1, 0.15) is 38.5 Å². The third-order valence-corrected chi connectivity index (χ3v) is 3.88. The van der Waals surface area contributed by atoms with Crippen molar-refractivity contribution in [3.8, 4) is 11.3 Å². The summed E-state index contributed by atoms with van der Waals surface area (Å²) in [7, 11) is 0. The minimum atomic E-state index is 0.0551. The van der Waals surface area contributed by atoms with E-state index in [0.29, 0.717) is 18.7 Å². The third-order valence-electron chi connectivity index (χ3n) is 3.35. The third kappa shape index (κ3) is 5.30. The van der Waals surface area contributed by atoms with Crippen LogP contribution >= 0.6 is 15.9 Å². The Kier molecular flexibility index (Phi) is 6.65. The number of oxazole rings is 1. The van der Waals surface area contributed by atoms with Gasteiger partial charge in [-0.2, -0.15) is 0 Å². The maximum Gasteiger partial charge on any atom is 0.220 e. The molecule has 2 rings (SSSR count). The van der Waals surface area contributed by atoms with Crippen LogP contribution in [0, 0.1) is 0 Å². The van der Waals surface area contributed by atoms with Gasteiger partial charge in [-0.05, 0) is 18.6 Å². The van der Waals surface area contributed by atoms with E-state index in [4.69, 9.17) is 4.42 Å². The lowest BCUT2D eigenvalue weighted by atomic mass is 10.2. The minimum absolute atomic E-state index is 0.0551. The number of aromatic nitrogens is 1. The second-order valence-electron chi connectivity index (χ2n) is 5.18. The molecule has 0 spiro atoms. The van der Waals surface area contributed by atoms with Crippen LogP contribution in [0.3, 0.4) is 0 Å². The van der Waals surface area contributed by atoms with Gasteiger partial charge in [0, 0.05) is 29.4 Å². The Morgan fingerprint density at radius 1 is 1.27 bits per heavy atom. The number of aryl methyl sites for hydroxylation is 1. The molecule has 0 radical (unpaired) electrons. The SMILES string of the molecule is CCCCCNC(=O)CCc1ncc(-c2ccc(Br)cc2)o1. The largest absolute Gasteiger partial charge is 0.441 e. The fraction of sp³-hybridized carbons (Fsp3) is 0.412. The van der Waals surface area contributed by atoms with Gasteiger partial charge in [0.2, 0.25) is 5.91 Å². The van der Waals surface area contributed by atoms with Crippen molar-refractivity contribution in [3.63, 3.8) is 0 Å². The van der Waals surface area contributed by atoms with Gasteiger partial charge in [0.05, 0.1) is 6.20 Å². The van der Waals surface area contributed by atoms with E-state index >= 15 is 0 Å². The fourth-order valence-corrected chi connectivity index (χ4v) is 2.35. The molecule has 0 saturated heterocycles. The Hall–Kier alpha value is -1.62. The van der Waals surface area contributed by atoms with Gasteiger partial charge in [0.25, 0.3) is 0 Å². The number of carbonyl (C=O) groups is 1. The smallest absolute Gasteiger partial charge is 0.220 e. The minimum Gasteiger partial charge on any atom is -0.441 e. The number of nitrogens with zero attached hydrogens (tertiary/aromatic N) is 1. The Bertz CT molecular complexity index is 593. The molecular weight excluding hydrogens is 344 g/mol. The van der Waals surface area contributed by atoms with Crippen molar-refractivity contribution in [2.45, 2.75) is 39.0 Å². The van der Waals surface area contributed by atoms with Crippen molar-refractivity contribution in [1.29, 1.82) is 0 Å². The summed E-state index contributed by atoms with van der Waals surface area (Å²) in [5.41, 5.74) is 0.978. The second-order valence-corrected chi connectivity index (χ2v) is 6.10. The number of carbonyl (C=O) groups excluding carboxylic acids is 1. The molecule has 118 valence electrons. The predicted molar refractivity (Wildman–Crippen MR) is 90.5 cm³/mol. The van der Waals surface area contributed by atoms with E-state index in [1.54, 1.807) is 6.20 Å². The molecular formula is C17H21BrN2O2. The molecule has 0 bridgehead atoms. The van der Waals surface area contributed by atoms with Crippen molar-refractivity contribution in [3.05, 3.63) is 40.8 Å². The van der Waals surface area contributed by atoms with E-state index < -0.39 is 0 Å². The first-order valence-corrected chi connectivity index (χ1v) is 8.45. The van der Waals surface area contributed by atoms with Crippen LogP contribution in [-0.2, 0) is 11.2 Å². The number of hydrogen-bond donors (Lipinski definition) is 1. The maximum atomic E-state index is 11.7. The average Bonchev–Trinajstić information content (AvgIpc) is 2.99. The summed E-state index contributed by atoms with van der Waals surface area (Å²) in [6.45, 7) is 2.90. The maximum absolute atomic E-state index is 11.7. The highest BCUT2D eigenvalue weighted by atomic mass is 79.9. The summed E-state index contributed by atoms with van der Waals surface area (Å²) in [5, 5.41) is 2.92. The zero-order valence-corrected chi connectivity index (χ0v) is 14.4. The van der Waals surface area contributed by atoms with Crippen LogP contribution in [0.2, 0.25) is 0 Å². The van der Waals surface area contributed by atoms with Crippen molar-refractivity contribution in [2.24, 2.45) is 0 Å². The van der Waals surface area contributed by atoms with Gasteiger partial charge in [-0.1, -0.05) is 47.8 Å². The van der Waals surface area contributed by atoms with E-state index in [-0.39, 0.29) is 5.91 Å². The monoisotopic (exact) mass is 364 g/mol. The van der Waals surface area contributed by atoms with E-state index in [9.17, 15) is 4.79 Å². The van der Waals surface area contributed by atoms with Crippen molar-refractivity contribution in [2.75, 3.05) is 6.54 Å². The highest BCUT2D eigenvalue weighted by Gasteiger charge is 2.08. The molecule has 0 aliphatic carbocycles. The molecule has 1 aromatic heterocycles. The summed E-state index contributed by atoms with van der Waals surface area (Å²) in [5.74, 6) is 1.38. The average molecular weight is 365 g/mol. The fourth-order valence-electron chi connectivity index (χ4n) is 2.09. The number of benzene rings is 1. The van der Waals surface area contributed by atoms with Gasteiger partial charge in [-0.15, -0.1) is 0 Å². The van der Waals surface area contributed by atoms with E-state index in [2.05, 4.69) is 33.2 Å². The van der Waals surface area contributed by atoms with Gasteiger partial charge >= 0.3 is 0 Å².